The summed E-state index contributed by atoms with van der Waals surface area (Å²) >= 11 is 0. The maximum absolute atomic E-state index is 12.5. The molecule has 38 heavy (non-hydrogen) atoms. The van der Waals surface area contributed by atoms with Crippen molar-refractivity contribution in [1.29, 1.82) is 0 Å². The van der Waals surface area contributed by atoms with Gasteiger partial charge in [-0.1, -0.05) is 19.1 Å². The maximum atomic E-state index is 12.5. The monoisotopic (exact) mass is 518 g/mol. The zero-order valence-corrected chi connectivity index (χ0v) is 22.6. The minimum atomic E-state index is -0.520. The molecule has 0 bridgehead atoms. The van der Waals surface area contributed by atoms with Crippen molar-refractivity contribution in [3.63, 3.8) is 0 Å². The number of amides is 1. The van der Waals surface area contributed by atoms with E-state index in [1.807, 2.05) is 50.6 Å². The number of para-hydroxylation sites is 2. The van der Waals surface area contributed by atoms with Gasteiger partial charge in [0.1, 0.15) is 17.2 Å². The highest BCUT2D eigenvalue weighted by Gasteiger charge is 2.38. The molecule has 4 aromatic rings. The lowest BCUT2D eigenvalue weighted by Gasteiger charge is -2.39. The molecule has 0 atom stereocenters. The Balaban J connectivity index is 1.43. The summed E-state index contributed by atoms with van der Waals surface area (Å²) in [6, 6.07) is 8.07. The van der Waals surface area contributed by atoms with E-state index in [-0.39, 0.29) is 12.0 Å². The summed E-state index contributed by atoms with van der Waals surface area (Å²) in [6.07, 6.45) is 0.463. The van der Waals surface area contributed by atoms with Gasteiger partial charge in [-0.3, -0.25) is 4.57 Å². The number of imidazole rings is 2. The molecule has 0 radical (unpaired) electrons. The smallest absolute Gasteiger partial charge is 0.410 e. The number of nitrogens with zero attached hydrogens (tertiary/aromatic N) is 8. The first-order valence-corrected chi connectivity index (χ1v) is 13.2. The number of fused-ring (bicyclic) bond motifs is 2. The van der Waals surface area contributed by atoms with Gasteiger partial charge in [0, 0.05) is 39.6 Å². The first kappa shape index (κ1) is 24.6. The number of ether oxygens (including phenoxy) is 2. The van der Waals surface area contributed by atoms with E-state index < -0.39 is 5.60 Å². The minimum absolute atomic E-state index is 0.1000. The molecule has 2 saturated heterocycles. The van der Waals surface area contributed by atoms with Crippen LogP contribution in [0.4, 0.5) is 10.6 Å². The Kier molecular flexibility index (Phi) is 5.97. The molecule has 11 heteroatoms. The van der Waals surface area contributed by atoms with Gasteiger partial charge in [-0.05, 0) is 32.9 Å². The predicted octanol–water partition coefficient (Wildman–Crippen LogP) is 3.44. The molecule has 0 unspecified atom stereocenters. The Hall–Kier alpha value is -3.73. The summed E-state index contributed by atoms with van der Waals surface area (Å²) in [6.45, 7) is 11.6. The second kappa shape index (κ2) is 9.23. The zero-order chi connectivity index (χ0) is 26.6. The maximum Gasteiger partial charge on any atom is 0.410 e. The Morgan fingerprint density at radius 2 is 1.82 bits per heavy atom. The molecule has 5 heterocycles. The first-order chi connectivity index (χ1) is 18.2. The largest absolute Gasteiger partial charge is 0.444 e. The van der Waals surface area contributed by atoms with Crippen molar-refractivity contribution in [1.82, 2.24) is 34.0 Å². The molecular formula is C27H34N8O3. The number of aromatic nitrogens is 6. The summed E-state index contributed by atoms with van der Waals surface area (Å²) in [5, 5.41) is 0. The third kappa shape index (κ3) is 4.24. The fourth-order valence-electron chi connectivity index (χ4n) is 5.17. The molecule has 2 fully saturated rings. The van der Waals surface area contributed by atoms with Gasteiger partial charge >= 0.3 is 6.09 Å². The van der Waals surface area contributed by atoms with Gasteiger partial charge in [-0.2, -0.15) is 9.97 Å². The summed E-state index contributed by atoms with van der Waals surface area (Å²) in [5.41, 5.74) is 2.91. The minimum Gasteiger partial charge on any atom is -0.444 e. The number of benzene rings is 1. The highest BCUT2D eigenvalue weighted by Crippen LogP contribution is 2.33. The van der Waals surface area contributed by atoms with E-state index in [9.17, 15) is 4.79 Å². The van der Waals surface area contributed by atoms with Gasteiger partial charge in [-0.15, -0.1) is 0 Å². The fourth-order valence-corrected chi connectivity index (χ4v) is 5.17. The van der Waals surface area contributed by atoms with Crippen molar-refractivity contribution in [3.8, 4) is 5.95 Å². The predicted molar refractivity (Wildman–Crippen MR) is 144 cm³/mol. The number of likely N-dealkylation sites (tertiary alicyclic amines) is 1. The van der Waals surface area contributed by atoms with Crippen molar-refractivity contribution >= 4 is 34.1 Å². The van der Waals surface area contributed by atoms with Gasteiger partial charge in [0.05, 0.1) is 30.2 Å². The van der Waals surface area contributed by atoms with Crippen LogP contribution in [0, 0.1) is 0 Å². The number of hydrogen-bond donors (Lipinski definition) is 0. The number of carbonyl (C=O) groups excluding carboxylic acids is 1. The van der Waals surface area contributed by atoms with Crippen molar-refractivity contribution in [2.75, 3.05) is 44.3 Å². The van der Waals surface area contributed by atoms with E-state index in [4.69, 9.17) is 29.4 Å². The molecule has 2 aliphatic rings. The number of anilines is 1. The Morgan fingerprint density at radius 1 is 1.08 bits per heavy atom. The Morgan fingerprint density at radius 3 is 2.53 bits per heavy atom. The number of morpholine rings is 1. The van der Waals surface area contributed by atoms with E-state index in [1.54, 1.807) is 4.90 Å². The highest BCUT2D eigenvalue weighted by molar-refractivity contribution is 5.86. The molecule has 0 spiro atoms. The fraction of sp³-hybridized carbons (Fsp3) is 0.519. The zero-order valence-electron chi connectivity index (χ0n) is 22.6. The number of aryl methyl sites for hydroxylation is 2. The molecule has 0 saturated carbocycles. The lowest BCUT2D eigenvalue weighted by atomic mass is 10.00. The Bertz CT molecular complexity index is 1510. The van der Waals surface area contributed by atoms with E-state index in [2.05, 4.69) is 22.5 Å². The van der Waals surface area contributed by atoms with Crippen LogP contribution in [0.3, 0.4) is 0 Å². The van der Waals surface area contributed by atoms with Crippen molar-refractivity contribution < 1.29 is 14.3 Å². The van der Waals surface area contributed by atoms with Gasteiger partial charge < -0.3 is 23.8 Å². The van der Waals surface area contributed by atoms with Crippen LogP contribution in [0.15, 0.2) is 24.3 Å². The van der Waals surface area contributed by atoms with E-state index in [0.717, 1.165) is 59.2 Å². The topological polar surface area (TPSA) is 103 Å². The molecule has 6 rings (SSSR count). The van der Waals surface area contributed by atoms with Gasteiger partial charge in [0.15, 0.2) is 17.0 Å². The van der Waals surface area contributed by atoms with Crippen molar-refractivity contribution in [3.05, 3.63) is 35.9 Å². The molecule has 0 N–H and O–H groups in total. The van der Waals surface area contributed by atoms with Crippen LogP contribution in [0.25, 0.3) is 28.1 Å². The summed E-state index contributed by atoms with van der Waals surface area (Å²) < 4.78 is 15.3. The van der Waals surface area contributed by atoms with Gasteiger partial charge in [0.2, 0.25) is 5.95 Å². The van der Waals surface area contributed by atoms with Crippen LogP contribution in [0.1, 0.15) is 45.3 Å². The van der Waals surface area contributed by atoms with E-state index >= 15 is 0 Å². The summed E-state index contributed by atoms with van der Waals surface area (Å²) in [4.78, 5) is 36.5. The average Bonchev–Trinajstić information content (AvgIpc) is 3.40. The van der Waals surface area contributed by atoms with Crippen molar-refractivity contribution in [2.24, 2.45) is 7.05 Å². The third-order valence-corrected chi connectivity index (χ3v) is 7.08. The van der Waals surface area contributed by atoms with Gasteiger partial charge in [-0.25, -0.2) is 14.8 Å². The van der Waals surface area contributed by atoms with Crippen LogP contribution < -0.4 is 4.90 Å². The van der Waals surface area contributed by atoms with Crippen LogP contribution >= 0.6 is 0 Å². The molecular weight excluding hydrogens is 484 g/mol. The second-order valence-corrected chi connectivity index (χ2v) is 10.9. The highest BCUT2D eigenvalue weighted by atomic mass is 16.6. The molecule has 11 nitrogen and oxygen atoms in total. The molecule has 200 valence electrons. The van der Waals surface area contributed by atoms with Crippen LogP contribution in [0.2, 0.25) is 0 Å². The molecule has 1 amide bonds. The van der Waals surface area contributed by atoms with E-state index in [1.165, 1.54) is 0 Å². The second-order valence-electron chi connectivity index (χ2n) is 10.9. The van der Waals surface area contributed by atoms with Gasteiger partial charge in [0.25, 0.3) is 0 Å². The number of carbonyl (C=O) groups is 1. The first-order valence-electron chi connectivity index (χ1n) is 13.2. The standard InChI is InChI=1S/C27H34N8O3/c1-6-20-28-18-9-7-8-10-19(18)35(20)25-30-23-21(24(31-25)33-11-13-37-14-12-33)29-22(32(23)5)17-15-34(16-17)26(36)38-27(2,3)4/h7-10,17H,6,11-16H2,1-5H3. The average molecular weight is 519 g/mol. The third-order valence-electron chi connectivity index (χ3n) is 7.08. The number of hydrogen-bond acceptors (Lipinski definition) is 8. The molecule has 3 aromatic heterocycles. The lowest BCUT2D eigenvalue weighted by molar-refractivity contribution is 0.00734. The molecule has 0 aliphatic carbocycles. The van der Waals surface area contributed by atoms with Crippen molar-refractivity contribution in [2.45, 2.75) is 45.6 Å². The molecule has 2 aliphatic heterocycles. The van der Waals surface area contributed by atoms with Crippen LogP contribution in [-0.2, 0) is 22.9 Å². The quantitative estimate of drug-likeness (QED) is 0.405. The summed E-state index contributed by atoms with van der Waals surface area (Å²) in [5.74, 6) is 3.30. The van der Waals surface area contributed by atoms with Crippen LogP contribution in [0.5, 0.6) is 0 Å². The molecule has 1 aromatic carbocycles. The normalized spacial score (nSPS) is 16.9. The van der Waals surface area contributed by atoms with Crippen LogP contribution in [-0.4, -0.2) is 85.1 Å². The van der Waals surface area contributed by atoms with E-state index in [0.29, 0.717) is 32.3 Å². The number of rotatable bonds is 4. The SMILES string of the molecule is CCc1nc2ccccc2n1-c1nc(N2CCOCC2)c2nc(C3CN(C(=O)OC(C)(C)C)C3)n(C)c2n1. The Labute approximate surface area is 221 Å². The lowest BCUT2D eigenvalue weighted by Crippen LogP contribution is -2.50. The summed E-state index contributed by atoms with van der Waals surface area (Å²) in [7, 11) is 1.99.